The van der Waals surface area contributed by atoms with Crippen molar-refractivity contribution in [2.75, 3.05) is 13.6 Å². The molecule has 6 nitrogen and oxygen atoms in total. The monoisotopic (exact) mass is 283 g/mol. The molecule has 0 aliphatic carbocycles. The number of likely N-dealkylation sites (N-methyl/N-ethyl adjacent to an activating group) is 1. The fourth-order valence-corrected chi connectivity index (χ4v) is 2.30. The zero-order chi connectivity index (χ0) is 15.5. The molecule has 0 spiro atoms. The Morgan fingerprint density at radius 3 is 2.35 bits per heavy atom. The summed E-state index contributed by atoms with van der Waals surface area (Å²) in [5.41, 5.74) is -0.505. The van der Waals surface area contributed by atoms with Crippen molar-refractivity contribution in [1.82, 2.24) is 15.5 Å². The second-order valence-electron chi connectivity index (χ2n) is 6.25. The standard InChI is InChI=1S/C14H25N3O3/c1-9(11(18)15-5)16-12(19)10-7-6-8-17(10)13(20)14(2,3)4/h9-10H,6-8H2,1-5H3,(H,15,18)(H,16,19)/t9-,10?/m0/s1. The number of hydrogen-bond acceptors (Lipinski definition) is 3. The Hall–Kier alpha value is -1.59. The lowest BCUT2D eigenvalue weighted by Crippen LogP contribution is -2.53. The molecular weight excluding hydrogens is 258 g/mol. The molecule has 2 atom stereocenters. The van der Waals surface area contributed by atoms with E-state index in [9.17, 15) is 14.4 Å². The van der Waals surface area contributed by atoms with Crippen molar-refractivity contribution in [3.63, 3.8) is 0 Å². The Morgan fingerprint density at radius 2 is 1.85 bits per heavy atom. The van der Waals surface area contributed by atoms with Gasteiger partial charge < -0.3 is 15.5 Å². The molecule has 0 saturated carbocycles. The van der Waals surface area contributed by atoms with E-state index in [-0.39, 0.29) is 17.7 Å². The Balaban J connectivity index is 2.72. The fourth-order valence-electron chi connectivity index (χ4n) is 2.30. The third-order valence-corrected chi connectivity index (χ3v) is 3.46. The molecule has 1 rings (SSSR count). The summed E-state index contributed by atoms with van der Waals surface area (Å²) in [7, 11) is 1.52. The van der Waals surface area contributed by atoms with Gasteiger partial charge in [0.2, 0.25) is 17.7 Å². The first-order valence-corrected chi connectivity index (χ1v) is 7.01. The molecule has 20 heavy (non-hydrogen) atoms. The van der Waals surface area contributed by atoms with Crippen LogP contribution in [-0.4, -0.2) is 48.3 Å². The van der Waals surface area contributed by atoms with E-state index in [4.69, 9.17) is 0 Å². The van der Waals surface area contributed by atoms with Gasteiger partial charge in [-0.05, 0) is 19.8 Å². The van der Waals surface area contributed by atoms with E-state index < -0.39 is 17.5 Å². The Morgan fingerprint density at radius 1 is 1.25 bits per heavy atom. The Bertz CT molecular complexity index is 401. The third kappa shape index (κ3) is 3.71. The lowest BCUT2D eigenvalue weighted by molar-refractivity contribution is -0.145. The molecule has 1 unspecified atom stereocenters. The fraction of sp³-hybridized carbons (Fsp3) is 0.786. The van der Waals surface area contributed by atoms with E-state index in [1.54, 1.807) is 11.8 Å². The highest BCUT2D eigenvalue weighted by Gasteiger charge is 2.38. The molecule has 1 aliphatic rings. The first-order chi connectivity index (χ1) is 9.18. The second kappa shape index (κ2) is 6.24. The molecule has 0 aromatic heterocycles. The lowest BCUT2D eigenvalue weighted by Gasteiger charge is -2.30. The minimum absolute atomic E-state index is 0.0252. The summed E-state index contributed by atoms with van der Waals surface area (Å²) in [6.07, 6.45) is 1.46. The quantitative estimate of drug-likeness (QED) is 0.780. The van der Waals surface area contributed by atoms with Crippen LogP contribution in [0.1, 0.15) is 40.5 Å². The molecule has 1 saturated heterocycles. The van der Waals surface area contributed by atoms with Gasteiger partial charge in [-0.3, -0.25) is 14.4 Å². The van der Waals surface area contributed by atoms with Crippen LogP contribution in [0.5, 0.6) is 0 Å². The predicted octanol–water partition coefficient (Wildman–Crippen LogP) is 0.274. The summed E-state index contributed by atoms with van der Waals surface area (Å²) in [6.45, 7) is 7.76. The van der Waals surface area contributed by atoms with Gasteiger partial charge in [0.25, 0.3) is 0 Å². The van der Waals surface area contributed by atoms with Gasteiger partial charge in [-0.25, -0.2) is 0 Å². The lowest BCUT2D eigenvalue weighted by atomic mass is 9.94. The van der Waals surface area contributed by atoms with Crippen molar-refractivity contribution in [1.29, 1.82) is 0 Å². The summed E-state index contributed by atoms with van der Waals surface area (Å²) in [6, 6.07) is -1.06. The van der Waals surface area contributed by atoms with Crippen molar-refractivity contribution < 1.29 is 14.4 Å². The maximum absolute atomic E-state index is 12.3. The zero-order valence-electron chi connectivity index (χ0n) is 12.9. The summed E-state index contributed by atoms with van der Waals surface area (Å²) < 4.78 is 0. The first kappa shape index (κ1) is 16.5. The van der Waals surface area contributed by atoms with E-state index in [1.165, 1.54) is 7.05 Å². The van der Waals surface area contributed by atoms with E-state index in [0.717, 1.165) is 6.42 Å². The number of rotatable bonds is 3. The van der Waals surface area contributed by atoms with E-state index in [0.29, 0.717) is 13.0 Å². The smallest absolute Gasteiger partial charge is 0.243 e. The number of hydrogen-bond donors (Lipinski definition) is 2. The number of carbonyl (C=O) groups is 3. The minimum atomic E-state index is -0.598. The van der Waals surface area contributed by atoms with Gasteiger partial charge in [-0.2, -0.15) is 0 Å². The van der Waals surface area contributed by atoms with Crippen LogP contribution in [0.3, 0.4) is 0 Å². The maximum atomic E-state index is 12.3. The number of nitrogens with zero attached hydrogens (tertiary/aromatic N) is 1. The first-order valence-electron chi connectivity index (χ1n) is 7.01. The number of likely N-dealkylation sites (tertiary alicyclic amines) is 1. The molecule has 1 aliphatic heterocycles. The second-order valence-corrected chi connectivity index (χ2v) is 6.25. The van der Waals surface area contributed by atoms with Crippen molar-refractivity contribution in [3.8, 4) is 0 Å². The highest BCUT2D eigenvalue weighted by Crippen LogP contribution is 2.25. The highest BCUT2D eigenvalue weighted by molar-refractivity contribution is 5.93. The van der Waals surface area contributed by atoms with Gasteiger partial charge in [0.15, 0.2) is 0 Å². The predicted molar refractivity (Wildman–Crippen MR) is 75.9 cm³/mol. The molecule has 0 aromatic carbocycles. The number of carbonyl (C=O) groups excluding carboxylic acids is 3. The average molecular weight is 283 g/mol. The maximum Gasteiger partial charge on any atom is 0.243 e. The minimum Gasteiger partial charge on any atom is -0.357 e. The summed E-state index contributed by atoms with van der Waals surface area (Å²) >= 11 is 0. The number of nitrogens with one attached hydrogen (secondary N) is 2. The topological polar surface area (TPSA) is 78.5 Å². The Labute approximate surface area is 120 Å². The number of amides is 3. The van der Waals surface area contributed by atoms with E-state index in [2.05, 4.69) is 10.6 Å². The van der Waals surface area contributed by atoms with Crippen LogP contribution in [0.2, 0.25) is 0 Å². The third-order valence-electron chi connectivity index (χ3n) is 3.46. The van der Waals surface area contributed by atoms with Crippen LogP contribution in [0.25, 0.3) is 0 Å². The highest BCUT2D eigenvalue weighted by atomic mass is 16.2. The van der Waals surface area contributed by atoms with Crippen LogP contribution < -0.4 is 10.6 Å². The van der Waals surface area contributed by atoms with Crippen molar-refractivity contribution in [2.24, 2.45) is 5.41 Å². The van der Waals surface area contributed by atoms with Gasteiger partial charge in [0.1, 0.15) is 12.1 Å². The van der Waals surface area contributed by atoms with Gasteiger partial charge in [-0.15, -0.1) is 0 Å². The van der Waals surface area contributed by atoms with Crippen LogP contribution in [-0.2, 0) is 14.4 Å². The molecule has 0 bridgehead atoms. The van der Waals surface area contributed by atoms with E-state index >= 15 is 0 Å². The summed E-state index contributed by atoms with van der Waals surface area (Å²) in [5, 5.41) is 5.15. The summed E-state index contributed by atoms with van der Waals surface area (Å²) in [5.74, 6) is -0.524. The molecule has 1 heterocycles. The molecule has 2 N–H and O–H groups in total. The van der Waals surface area contributed by atoms with Crippen LogP contribution >= 0.6 is 0 Å². The van der Waals surface area contributed by atoms with Crippen molar-refractivity contribution in [2.45, 2.75) is 52.6 Å². The molecule has 6 heteroatoms. The molecule has 0 radical (unpaired) electrons. The molecule has 1 fully saturated rings. The normalized spacial score (nSPS) is 20.4. The van der Waals surface area contributed by atoms with Gasteiger partial charge in [0.05, 0.1) is 0 Å². The van der Waals surface area contributed by atoms with Crippen LogP contribution in [0.4, 0.5) is 0 Å². The molecule has 3 amide bonds. The van der Waals surface area contributed by atoms with Gasteiger partial charge in [0, 0.05) is 19.0 Å². The van der Waals surface area contributed by atoms with Crippen molar-refractivity contribution >= 4 is 17.7 Å². The van der Waals surface area contributed by atoms with Crippen molar-refractivity contribution in [3.05, 3.63) is 0 Å². The van der Waals surface area contributed by atoms with Gasteiger partial charge >= 0.3 is 0 Å². The SMILES string of the molecule is CNC(=O)[C@H](C)NC(=O)C1CCCN1C(=O)C(C)(C)C. The van der Waals surface area contributed by atoms with Crippen LogP contribution in [0, 0.1) is 5.41 Å². The van der Waals surface area contributed by atoms with Crippen LogP contribution in [0.15, 0.2) is 0 Å². The summed E-state index contributed by atoms with van der Waals surface area (Å²) in [4.78, 5) is 37.6. The molecule has 114 valence electrons. The van der Waals surface area contributed by atoms with Gasteiger partial charge in [-0.1, -0.05) is 20.8 Å². The Kier molecular flexibility index (Phi) is 5.14. The largest absolute Gasteiger partial charge is 0.357 e. The van der Waals surface area contributed by atoms with E-state index in [1.807, 2.05) is 20.8 Å². The zero-order valence-corrected chi connectivity index (χ0v) is 12.9. The molecular formula is C14H25N3O3. The molecule has 0 aromatic rings. The average Bonchev–Trinajstić information content (AvgIpc) is 2.84.